The van der Waals surface area contributed by atoms with E-state index in [1.54, 1.807) is 0 Å². The Morgan fingerprint density at radius 2 is 2.04 bits per heavy atom. The molecule has 4 nitrogen and oxygen atoms in total. The van der Waals surface area contributed by atoms with Gasteiger partial charge in [0.05, 0.1) is 11.9 Å². The van der Waals surface area contributed by atoms with Gasteiger partial charge in [0.1, 0.15) is 0 Å². The Bertz CT molecular complexity index is 624. The molecule has 23 heavy (non-hydrogen) atoms. The van der Waals surface area contributed by atoms with Gasteiger partial charge in [-0.05, 0) is 38.4 Å². The van der Waals surface area contributed by atoms with Crippen LogP contribution in [0.15, 0.2) is 48.7 Å². The number of nitrogens with one attached hydrogen (secondary N) is 2. The van der Waals surface area contributed by atoms with Crippen molar-refractivity contribution in [3.8, 4) is 11.3 Å². The largest absolute Gasteiger partial charge is 0.310 e. The van der Waals surface area contributed by atoms with Crippen LogP contribution >= 0.6 is 0 Å². The normalized spacial score (nSPS) is 16.6. The molecule has 0 amide bonds. The standard InChI is InChI=1S/C19H26N4/c1-15(2)14-23-10-8-18(9-11-23)20-12-17-13-21-22-19(17)16-6-4-3-5-7-16/h3-7,13,18,20H,1,8-12,14H2,2H3,(H,21,22). The second kappa shape index (κ2) is 7.57. The highest BCUT2D eigenvalue weighted by atomic mass is 15.1. The van der Waals surface area contributed by atoms with Gasteiger partial charge in [0, 0.05) is 24.7 Å². The van der Waals surface area contributed by atoms with Crippen molar-refractivity contribution in [3.63, 3.8) is 0 Å². The Hall–Kier alpha value is -1.91. The Labute approximate surface area is 138 Å². The fourth-order valence-electron chi connectivity index (χ4n) is 3.23. The van der Waals surface area contributed by atoms with Crippen LogP contribution in [-0.2, 0) is 6.54 Å². The molecule has 0 radical (unpaired) electrons. The number of benzene rings is 1. The quantitative estimate of drug-likeness (QED) is 0.805. The number of H-pyrrole nitrogens is 1. The zero-order valence-electron chi connectivity index (χ0n) is 13.9. The molecule has 122 valence electrons. The minimum Gasteiger partial charge on any atom is -0.310 e. The van der Waals surface area contributed by atoms with E-state index in [-0.39, 0.29) is 0 Å². The van der Waals surface area contributed by atoms with Gasteiger partial charge in [-0.2, -0.15) is 5.10 Å². The minimum absolute atomic E-state index is 0.592. The third-order valence-electron chi connectivity index (χ3n) is 4.44. The summed E-state index contributed by atoms with van der Waals surface area (Å²) in [5.74, 6) is 0. The van der Waals surface area contributed by atoms with Crippen LogP contribution in [0.2, 0.25) is 0 Å². The SMILES string of the molecule is C=C(C)CN1CCC(NCc2cn[nH]c2-c2ccccc2)CC1. The van der Waals surface area contributed by atoms with E-state index in [9.17, 15) is 0 Å². The molecule has 0 atom stereocenters. The van der Waals surface area contributed by atoms with Crippen LogP contribution in [0.4, 0.5) is 0 Å². The maximum absolute atomic E-state index is 4.22. The van der Waals surface area contributed by atoms with E-state index in [4.69, 9.17) is 0 Å². The van der Waals surface area contributed by atoms with Gasteiger partial charge in [-0.1, -0.05) is 42.5 Å². The van der Waals surface area contributed by atoms with Crippen LogP contribution in [0.25, 0.3) is 11.3 Å². The number of aromatic nitrogens is 2. The van der Waals surface area contributed by atoms with E-state index in [0.29, 0.717) is 6.04 Å². The van der Waals surface area contributed by atoms with Gasteiger partial charge in [-0.3, -0.25) is 10.00 Å². The molecule has 2 aromatic rings. The van der Waals surface area contributed by atoms with Gasteiger partial charge in [0.2, 0.25) is 0 Å². The summed E-state index contributed by atoms with van der Waals surface area (Å²) in [6, 6.07) is 11.0. The first-order valence-corrected chi connectivity index (χ1v) is 8.40. The number of hydrogen-bond acceptors (Lipinski definition) is 3. The lowest BCUT2D eigenvalue weighted by Crippen LogP contribution is -2.42. The zero-order chi connectivity index (χ0) is 16.1. The molecule has 1 saturated heterocycles. The van der Waals surface area contributed by atoms with Gasteiger partial charge < -0.3 is 5.32 Å². The molecular weight excluding hydrogens is 284 g/mol. The molecule has 0 bridgehead atoms. The number of aromatic amines is 1. The third-order valence-corrected chi connectivity index (χ3v) is 4.44. The fourth-order valence-corrected chi connectivity index (χ4v) is 3.23. The first-order valence-electron chi connectivity index (χ1n) is 8.40. The van der Waals surface area contributed by atoms with Crippen molar-refractivity contribution in [1.82, 2.24) is 20.4 Å². The molecule has 0 unspecified atom stereocenters. The van der Waals surface area contributed by atoms with Gasteiger partial charge in [-0.15, -0.1) is 0 Å². The van der Waals surface area contributed by atoms with Crippen molar-refractivity contribution < 1.29 is 0 Å². The summed E-state index contributed by atoms with van der Waals surface area (Å²) in [5.41, 5.74) is 4.80. The number of piperidine rings is 1. The van der Waals surface area contributed by atoms with Gasteiger partial charge in [0.25, 0.3) is 0 Å². The topological polar surface area (TPSA) is 44.0 Å². The molecule has 2 heterocycles. The summed E-state index contributed by atoms with van der Waals surface area (Å²) >= 11 is 0. The number of hydrogen-bond donors (Lipinski definition) is 2. The van der Waals surface area contributed by atoms with E-state index in [0.717, 1.165) is 31.9 Å². The molecule has 1 fully saturated rings. The number of likely N-dealkylation sites (tertiary alicyclic amines) is 1. The Balaban J connectivity index is 1.52. The van der Waals surface area contributed by atoms with E-state index in [1.807, 2.05) is 12.3 Å². The van der Waals surface area contributed by atoms with Crippen LogP contribution in [0.1, 0.15) is 25.3 Å². The summed E-state index contributed by atoms with van der Waals surface area (Å²) in [6.07, 6.45) is 4.34. The first kappa shape index (κ1) is 16.0. The second-order valence-electron chi connectivity index (χ2n) is 6.52. The summed E-state index contributed by atoms with van der Waals surface area (Å²) in [4.78, 5) is 2.49. The lowest BCUT2D eigenvalue weighted by molar-refractivity contribution is 0.211. The molecule has 3 rings (SSSR count). The number of nitrogens with zero attached hydrogens (tertiary/aromatic N) is 2. The molecule has 1 aromatic heterocycles. The first-order chi connectivity index (χ1) is 11.2. The highest BCUT2D eigenvalue weighted by molar-refractivity contribution is 5.62. The van der Waals surface area contributed by atoms with Crippen LogP contribution in [0.3, 0.4) is 0 Å². The average Bonchev–Trinajstić information content (AvgIpc) is 3.03. The summed E-state index contributed by atoms with van der Waals surface area (Å²) in [7, 11) is 0. The Kier molecular flexibility index (Phi) is 5.26. The van der Waals surface area contributed by atoms with Gasteiger partial charge in [0.15, 0.2) is 0 Å². The highest BCUT2D eigenvalue weighted by Gasteiger charge is 2.19. The average molecular weight is 310 g/mol. The fraction of sp³-hybridized carbons (Fsp3) is 0.421. The molecule has 0 spiro atoms. The van der Waals surface area contributed by atoms with Gasteiger partial charge in [-0.25, -0.2) is 0 Å². The molecular formula is C19H26N4. The van der Waals surface area contributed by atoms with Crippen molar-refractivity contribution >= 4 is 0 Å². The van der Waals surface area contributed by atoms with E-state index < -0.39 is 0 Å². The Morgan fingerprint density at radius 1 is 1.30 bits per heavy atom. The van der Waals surface area contributed by atoms with Crippen LogP contribution in [0, 0.1) is 0 Å². The predicted molar refractivity (Wildman–Crippen MR) is 95.1 cm³/mol. The second-order valence-corrected chi connectivity index (χ2v) is 6.52. The summed E-state index contributed by atoms with van der Waals surface area (Å²) in [5, 5.41) is 11.1. The minimum atomic E-state index is 0.592. The lowest BCUT2D eigenvalue weighted by Gasteiger charge is -2.32. The molecule has 4 heteroatoms. The van der Waals surface area contributed by atoms with Crippen molar-refractivity contribution in [1.29, 1.82) is 0 Å². The maximum Gasteiger partial charge on any atom is 0.0695 e. The number of rotatable bonds is 6. The van der Waals surface area contributed by atoms with E-state index in [2.05, 4.69) is 58.2 Å². The van der Waals surface area contributed by atoms with Crippen molar-refractivity contribution in [2.24, 2.45) is 0 Å². The molecule has 1 aliphatic heterocycles. The van der Waals surface area contributed by atoms with Crippen LogP contribution in [0.5, 0.6) is 0 Å². The molecule has 1 aromatic carbocycles. The van der Waals surface area contributed by atoms with Crippen molar-refractivity contribution in [2.45, 2.75) is 32.4 Å². The zero-order valence-corrected chi connectivity index (χ0v) is 13.9. The third kappa shape index (κ3) is 4.30. The highest BCUT2D eigenvalue weighted by Crippen LogP contribution is 2.21. The Morgan fingerprint density at radius 3 is 2.74 bits per heavy atom. The van der Waals surface area contributed by atoms with Gasteiger partial charge >= 0.3 is 0 Å². The van der Waals surface area contributed by atoms with E-state index >= 15 is 0 Å². The van der Waals surface area contributed by atoms with Crippen LogP contribution < -0.4 is 5.32 Å². The maximum atomic E-state index is 4.22. The predicted octanol–water partition coefficient (Wildman–Crippen LogP) is 3.21. The summed E-state index contributed by atoms with van der Waals surface area (Å²) in [6.45, 7) is 10.3. The molecule has 1 aliphatic rings. The monoisotopic (exact) mass is 310 g/mol. The lowest BCUT2D eigenvalue weighted by atomic mass is 10.0. The van der Waals surface area contributed by atoms with Crippen LogP contribution in [-0.4, -0.2) is 40.8 Å². The van der Waals surface area contributed by atoms with E-state index in [1.165, 1.54) is 29.5 Å². The van der Waals surface area contributed by atoms with Crippen molar-refractivity contribution in [3.05, 3.63) is 54.2 Å². The molecule has 0 saturated carbocycles. The molecule has 2 N–H and O–H groups in total. The summed E-state index contributed by atoms with van der Waals surface area (Å²) < 4.78 is 0. The van der Waals surface area contributed by atoms with Crippen molar-refractivity contribution in [2.75, 3.05) is 19.6 Å². The smallest absolute Gasteiger partial charge is 0.0695 e. The molecule has 0 aliphatic carbocycles.